The SMILES string of the molecule is O=C(OC(F)C(F)F)[C]12[CH]3[CH]4[CH]5[CH]1[Fe]45321678[CH]2[CH]1[CH]6[CH]7[CH]28. The van der Waals surface area contributed by atoms with E-state index in [-0.39, 0.29) is 4.31 Å². The molecule has 5 unspecified atom stereocenters. The van der Waals surface area contributed by atoms with E-state index in [1.54, 1.807) is 0 Å². The summed E-state index contributed by atoms with van der Waals surface area (Å²) in [5, 5.41) is 0. The summed E-state index contributed by atoms with van der Waals surface area (Å²) in [5.41, 5.74) is 0. The van der Waals surface area contributed by atoms with Crippen LogP contribution in [0.2, 0.25) is 47.7 Å². The fraction of sp³-hybridized carbons (Fsp3) is 0.923. The molecular weight excluding hydrogens is 301 g/mol. The van der Waals surface area contributed by atoms with Gasteiger partial charge < -0.3 is 0 Å². The monoisotopic (exact) mass is 312 g/mol. The van der Waals surface area contributed by atoms with Crippen molar-refractivity contribution in [2.24, 2.45) is 0 Å². The maximum absolute atomic E-state index is 13.1. The van der Waals surface area contributed by atoms with Gasteiger partial charge in [-0.25, -0.2) is 0 Å². The second-order valence-electron chi connectivity index (χ2n) is 10.8. The Morgan fingerprint density at radius 1 is 0.947 bits per heavy atom. The molecule has 19 heavy (non-hydrogen) atoms. The van der Waals surface area contributed by atoms with Crippen LogP contribution in [0.5, 0.6) is 0 Å². The number of ether oxygens (including phenoxy) is 1. The van der Waals surface area contributed by atoms with Crippen molar-refractivity contribution in [3.05, 3.63) is 0 Å². The standard InChI is InChI=1S/C8H6F3O2.C5H5.Fe/c9-6(10)7(11)13-8(12)5-3-1-2-4-5;1-2-4-5-3-1;/h1-4,6-7H;1-5H;. The van der Waals surface area contributed by atoms with E-state index in [9.17, 15) is 18.0 Å². The number of alkyl halides is 3. The van der Waals surface area contributed by atoms with Gasteiger partial charge in [-0.15, -0.1) is 0 Å². The molecule has 0 aromatic carbocycles. The Labute approximate surface area is 95.9 Å². The van der Waals surface area contributed by atoms with Crippen LogP contribution in [-0.4, -0.2) is 18.8 Å². The number of esters is 1. The zero-order valence-electron chi connectivity index (χ0n) is 9.65. The van der Waals surface area contributed by atoms with Crippen LogP contribution in [0.3, 0.4) is 0 Å². The van der Waals surface area contributed by atoms with E-state index < -0.39 is 25.3 Å². The number of rotatable bonds is 3. The van der Waals surface area contributed by atoms with Gasteiger partial charge in [0.05, 0.1) is 0 Å². The zero-order chi connectivity index (χ0) is 12.5. The van der Waals surface area contributed by atoms with Crippen molar-refractivity contribution in [3.63, 3.8) is 0 Å². The molecule has 10 fully saturated rings. The quantitative estimate of drug-likeness (QED) is 0.584. The van der Waals surface area contributed by atoms with E-state index in [0.717, 1.165) is 33.7 Å². The first-order valence-corrected chi connectivity index (χ1v) is 13.4. The van der Waals surface area contributed by atoms with Crippen LogP contribution < -0.4 is 0 Å². The second kappa shape index (κ2) is 0.650. The minimum absolute atomic E-state index is 0.266. The summed E-state index contributed by atoms with van der Waals surface area (Å²) in [6, 6.07) is 0. The Morgan fingerprint density at radius 3 is 1.68 bits per heavy atom. The van der Waals surface area contributed by atoms with Crippen LogP contribution in [0.25, 0.3) is 0 Å². The molecule has 0 radical (unpaired) electrons. The zero-order valence-corrected chi connectivity index (χ0v) is 10.8. The predicted octanol–water partition coefficient (Wildman–Crippen LogP) is 3.85. The maximum atomic E-state index is 13.1. The van der Waals surface area contributed by atoms with Crippen LogP contribution in [0.15, 0.2) is 0 Å². The Morgan fingerprint density at radius 2 is 1.42 bits per heavy atom. The summed E-state index contributed by atoms with van der Waals surface area (Å²) in [6.45, 7) is -3.63. The van der Waals surface area contributed by atoms with E-state index in [1.807, 2.05) is 0 Å². The van der Waals surface area contributed by atoms with Gasteiger partial charge in [-0.2, -0.15) is 0 Å². The summed E-state index contributed by atoms with van der Waals surface area (Å²) in [6.07, 6.45) is -5.90. The number of fused-ring (bicyclic) bond motifs is 10. The fourth-order valence-corrected chi connectivity index (χ4v) is 90.5. The molecule has 0 aliphatic carbocycles. The van der Waals surface area contributed by atoms with Gasteiger partial charge in [0.1, 0.15) is 0 Å². The van der Waals surface area contributed by atoms with Gasteiger partial charge in [0.25, 0.3) is 0 Å². The van der Waals surface area contributed by atoms with Gasteiger partial charge in [0.2, 0.25) is 0 Å². The number of hydrogen-bond acceptors (Lipinski definition) is 2. The van der Waals surface area contributed by atoms with Crippen molar-refractivity contribution in [1.82, 2.24) is 0 Å². The van der Waals surface area contributed by atoms with Crippen LogP contribution >= 0.6 is 0 Å². The molecule has 0 amide bonds. The normalized spacial score (nSPS) is 110. The molecule has 10 aliphatic rings. The molecule has 10 aliphatic heterocycles. The molecule has 5 atom stereocenters. The van der Waals surface area contributed by atoms with E-state index in [0.29, 0.717) is 9.63 Å². The van der Waals surface area contributed by atoms with Crippen molar-refractivity contribution >= 4 is 5.97 Å². The number of hydrogen-bond donors (Lipinski definition) is 0. The first kappa shape index (κ1) is 7.69. The molecule has 10 rings (SSSR count). The van der Waals surface area contributed by atoms with Crippen LogP contribution in [0.1, 0.15) is 0 Å². The summed E-state index contributed by atoms with van der Waals surface area (Å²) in [5.74, 6) is -0.494. The minimum atomic E-state index is -3.63. The third-order valence-electron chi connectivity index (χ3n) is 15.4. The summed E-state index contributed by atoms with van der Waals surface area (Å²) in [4.78, 5) is 20.3. The van der Waals surface area contributed by atoms with Crippen molar-refractivity contribution in [2.45, 2.75) is 60.4 Å². The third kappa shape index (κ3) is 0.0861. The number of carbonyl (C=O) groups excluding carboxylic acids is 1. The summed E-state index contributed by atoms with van der Waals surface area (Å²) in [7, 11) is 0. The second-order valence-corrected chi connectivity index (χ2v) is 34.3. The van der Waals surface area contributed by atoms with Crippen molar-refractivity contribution in [1.29, 1.82) is 0 Å². The molecule has 0 N–H and O–H groups in total. The molecule has 2 nitrogen and oxygen atoms in total. The average Bonchev–Trinajstić information content (AvgIpc) is 3.30. The molecule has 10 saturated heterocycles. The van der Waals surface area contributed by atoms with Gasteiger partial charge in [-0.3, -0.25) is 0 Å². The molecule has 104 valence electrons. The van der Waals surface area contributed by atoms with E-state index in [2.05, 4.69) is 4.74 Å². The van der Waals surface area contributed by atoms with Gasteiger partial charge in [-0.05, 0) is 0 Å². The molecule has 0 saturated carbocycles. The molecule has 6 heteroatoms. The number of carbonyl (C=O) groups is 1. The molecule has 1 spiro atoms. The summed E-state index contributed by atoms with van der Waals surface area (Å²) < 4.78 is 42.1. The molecule has 0 bridgehead atoms. The van der Waals surface area contributed by atoms with Gasteiger partial charge >= 0.3 is 95.6 Å². The van der Waals surface area contributed by atoms with Crippen molar-refractivity contribution < 1.29 is 29.2 Å². The number of halogens is 3. The topological polar surface area (TPSA) is 26.3 Å². The molecule has 0 aromatic rings. The average molecular weight is 312 g/mol. The Hall–Kier alpha value is -0.221. The van der Waals surface area contributed by atoms with Crippen molar-refractivity contribution in [3.8, 4) is 0 Å². The van der Waals surface area contributed by atoms with Crippen LogP contribution in [-0.2, 0) is 16.0 Å². The van der Waals surface area contributed by atoms with Crippen LogP contribution in [0, 0.1) is 0 Å². The van der Waals surface area contributed by atoms with Gasteiger partial charge in [-0.1, -0.05) is 0 Å². The van der Waals surface area contributed by atoms with Crippen molar-refractivity contribution in [2.75, 3.05) is 0 Å². The summed E-state index contributed by atoms with van der Waals surface area (Å²) >= 11 is 0. The van der Waals surface area contributed by atoms with E-state index in [4.69, 9.17) is 0 Å². The Bertz CT molecular complexity index is 968. The van der Waals surface area contributed by atoms with E-state index >= 15 is 0 Å². The van der Waals surface area contributed by atoms with Crippen LogP contribution in [0.4, 0.5) is 13.2 Å². The fourth-order valence-electron chi connectivity index (χ4n) is 17.0. The van der Waals surface area contributed by atoms with Gasteiger partial charge in [0.15, 0.2) is 0 Å². The predicted molar refractivity (Wildman–Crippen MR) is 53.4 cm³/mol. The molecule has 0 aromatic heterocycles. The first-order chi connectivity index (χ1) is 8.79. The molecule has 10 heterocycles. The first-order valence-electron chi connectivity index (χ1n) is 7.14. The Balaban J connectivity index is 1.33. The van der Waals surface area contributed by atoms with Gasteiger partial charge in [0, 0.05) is 0 Å². The Kier molecular flexibility index (Phi) is 0.263. The van der Waals surface area contributed by atoms with E-state index in [1.165, 1.54) is 0 Å². The molecular formula is C13H11F3FeO2. The third-order valence-corrected chi connectivity index (χ3v) is 57.7.